The first-order valence-corrected chi connectivity index (χ1v) is 6.97. The van der Waals surface area contributed by atoms with Gasteiger partial charge in [0.05, 0.1) is 12.7 Å². The first-order chi connectivity index (χ1) is 8.22. The number of likely N-dealkylation sites (N-methyl/N-ethyl adjacent to an activating group) is 1. The van der Waals surface area contributed by atoms with Crippen LogP contribution in [0.2, 0.25) is 0 Å². The van der Waals surface area contributed by atoms with E-state index in [2.05, 4.69) is 36.3 Å². The van der Waals surface area contributed by atoms with E-state index in [4.69, 9.17) is 4.74 Å². The van der Waals surface area contributed by atoms with Gasteiger partial charge in [-0.3, -0.25) is 4.90 Å². The Morgan fingerprint density at radius 3 is 2.88 bits per heavy atom. The zero-order valence-corrected chi connectivity index (χ0v) is 11.7. The Morgan fingerprint density at radius 2 is 2.18 bits per heavy atom. The fourth-order valence-corrected chi connectivity index (χ4v) is 2.05. The van der Waals surface area contributed by atoms with Crippen LogP contribution in [0.3, 0.4) is 0 Å². The van der Waals surface area contributed by atoms with Crippen molar-refractivity contribution in [3.05, 3.63) is 0 Å². The normalized spacial score (nSPS) is 22.2. The highest BCUT2D eigenvalue weighted by atomic mass is 16.5. The van der Waals surface area contributed by atoms with Gasteiger partial charge >= 0.3 is 0 Å². The maximum Gasteiger partial charge on any atom is 0.0826 e. The third kappa shape index (κ3) is 6.99. The largest absolute Gasteiger partial charge is 0.374 e. The third-order valence-electron chi connectivity index (χ3n) is 3.00. The van der Waals surface area contributed by atoms with Crippen LogP contribution in [0.5, 0.6) is 0 Å². The fourth-order valence-electron chi connectivity index (χ4n) is 2.05. The maximum atomic E-state index is 5.77. The summed E-state index contributed by atoms with van der Waals surface area (Å²) < 4.78 is 5.77. The maximum absolute atomic E-state index is 5.77. The van der Waals surface area contributed by atoms with E-state index in [9.17, 15) is 0 Å². The molecule has 0 bridgehead atoms. The molecule has 0 amide bonds. The van der Waals surface area contributed by atoms with Crippen LogP contribution < -0.4 is 10.6 Å². The molecule has 1 heterocycles. The Balaban J connectivity index is 2.10. The quantitative estimate of drug-likeness (QED) is 0.610. The Kier molecular flexibility index (Phi) is 7.77. The van der Waals surface area contributed by atoms with Crippen molar-refractivity contribution >= 4 is 0 Å². The van der Waals surface area contributed by atoms with E-state index in [1.807, 2.05) is 0 Å². The Hall–Kier alpha value is -0.160. The number of hydrogen-bond acceptors (Lipinski definition) is 4. The molecule has 1 atom stereocenters. The van der Waals surface area contributed by atoms with Gasteiger partial charge in [0.2, 0.25) is 0 Å². The SMILES string of the molecule is CCNCCN1CCO[C@@H](CNCC(C)C)C1. The van der Waals surface area contributed by atoms with E-state index >= 15 is 0 Å². The van der Waals surface area contributed by atoms with Crippen LogP contribution >= 0.6 is 0 Å². The van der Waals surface area contributed by atoms with Gasteiger partial charge in [0.25, 0.3) is 0 Å². The molecule has 1 aliphatic rings. The molecule has 1 saturated heterocycles. The second-order valence-electron chi connectivity index (χ2n) is 5.20. The van der Waals surface area contributed by atoms with Gasteiger partial charge < -0.3 is 15.4 Å². The van der Waals surface area contributed by atoms with E-state index in [0.29, 0.717) is 12.0 Å². The molecule has 0 aliphatic carbocycles. The summed E-state index contributed by atoms with van der Waals surface area (Å²) in [4.78, 5) is 2.49. The molecule has 4 heteroatoms. The van der Waals surface area contributed by atoms with Gasteiger partial charge in [0.1, 0.15) is 0 Å². The topological polar surface area (TPSA) is 36.5 Å². The van der Waals surface area contributed by atoms with Crippen molar-refractivity contribution in [1.29, 1.82) is 0 Å². The van der Waals surface area contributed by atoms with E-state index < -0.39 is 0 Å². The summed E-state index contributed by atoms with van der Waals surface area (Å²) in [5, 5.41) is 6.85. The van der Waals surface area contributed by atoms with E-state index in [1.165, 1.54) is 0 Å². The summed E-state index contributed by atoms with van der Waals surface area (Å²) in [5.41, 5.74) is 0. The molecule has 1 aliphatic heterocycles. The molecule has 1 fully saturated rings. The van der Waals surface area contributed by atoms with Gasteiger partial charge in [0, 0.05) is 32.7 Å². The van der Waals surface area contributed by atoms with Gasteiger partial charge in [0.15, 0.2) is 0 Å². The molecule has 2 N–H and O–H groups in total. The highest BCUT2D eigenvalue weighted by Crippen LogP contribution is 2.03. The summed E-state index contributed by atoms with van der Waals surface area (Å²) in [5.74, 6) is 0.712. The van der Waals surface area contributed by atoms with Crippen molar-refractivity contribution in [2.75, 3.05) is 52.4 Å². The van der Waals surface area contributed by atoms with Crippen LogP contribution in [0.25, 0.3) is 0 Å². The lowest BCUT2D eigenvalue weighted by Crippen LogP contribution is -2.48. The number of rotatable bonds is 8. The number of morpholine rings is 1. The van der Waals surface area contributed by atoms with Crippen LogP contribution in [0.1, 0.15) is 20.8 Å². The Bertz CT molecular complexity index is 188. The molecule has 17 heavy (non-hydrogen) atoms. The van der Waals surface area contributed by atoms with Gasteiger partial charge in [-0.1, -0.05) is 20.8 Å². The zero-order chi connectivity index (χ0) is 12.5. The van der Waals surface area contributed by atoms with E-state index in [1.54, 1.807) is 0 Å². The van der Waals surface area contributed by atoms with Crippen molar-refractivity contribution in [3.63, 3.8) is 0 Å². The molecule has 0 aromatic rings. The van der Waals surface area contributed by atoms with Crippen LogP contribution in [-0.2, 0) is 4.74 Å². The van der Waals surface area contributed by atoms with Crippen LogP contribution in [0, 0.1) is 5.92 Å². The first kappa shape index (κ1) is 14.9. The molecule has 102 valence electrons. The van der Waals surface area contributed by atoms with Crippen molar-refractivity contribution < 1.29 is 4.74 Å². The molecular formula is C13H29N3O. The van der Waals surface area contributed by atoms with Crippen molar-refractivity contribution in [2.45, 2.75) is 26.9 Å². The Morgan fingerprint density at radius 1 is 1.35 bits per heavy atom. The van der Waals surface area contributed by atoms with Crippen LogP contribution in [0.4, 0.5) is 0 Å². The summed E-state index contributed by atoms with van der Waals surface area (Å²) in [6.07, 6.45) is 0.365. The summed E-state index contributed by atoms with van der Waals surface area (Å²) in [6, 6.07) is 0. The summed E-state index contributed by atoms with van der Waals surface area (Å²) >= 11 is 0. The van der Waals surface area contributed by atoms with Gasteiger partial charge in [-0.25, -0.2) is 0 Å². The van der Waals surface area contributed by atoms with Gasteiger partial charge in [-0.2, -0.15) is 0 Å². The highest BCUT2D eigenvalue weighted by Gasteiger charge is 2.19. The second kappa shape index (κ2) is 8.86. The van der Waals surface area contributed by atoms with Gasteiger partial charge in [-0.15, -0.1) is 0 Å². The number of nitrogens with zero attached hydrogens (tertiary/aromatic N) is 1. The van der Waals surface area contributed by atoms with E-state index in [0.717, 1.165) is 52.4 Å². The minimum Gasteiger partial charge on any atom is -0.374 e. The summed E-state index contributed by atoms with van der Waals surface area (Å²) in [6.45, 7) is 15.0. The van der Waals surface area contributed by atoms with Crippen LogP contribution in [0.15, 0.2) is 0 Å². The van der Waals surface area contributed by atoms with Crippen molar-refractivity contribution in [2.24, 2.45) is 5.92 Å². The van der Waals surface area contributed by atoms with E-state index in [-0.39, 0.29) is 0 Å². The average molecular weight is 243 g/mol. The molecule has 4 nitrogen and oxygen atoms in total. The predicted molar refractivity (Wildman–Crippen MR) is 72.4 cm³/mol. The molecule has 1 rings (SSSR count). The van der Waals surface area contributed by atoms with Crippen LogP contribution in [-0.4, -0.2) is 63.4 Å². The molecule has 0 unspecified atom stereocenters. The Labute approximate surface area is 106 Å². The lowest BCUT2D eigenvalue weighted by atomic mass is 10.2. The van der Waals surface area contributed by atoms with Crippen molar-refractivity contribution in [1.82, 2.24) is 15.5 Å². The monoisotopic (exact) mass is 243 g/mol. The predicted octanol–water partition coefficient (Wildman–Crippen LogP) is 0.542. The minimum absolute atomic E-state index is 0.365. The highest BCUT2D eigenvalue weighted by molar-refractivity contribution is 4.74. The molecule has 0 aromatic heterocycles. The van der Waals surface area contributed by atoms with Gasteiger partial charge in [-0.05, 0) is 19.0 Å². The number of ether oxygens (including phenoxy) is 1. The minimum atomic E-state index is 0.365. The smallest absolute Gasteiger partial charge is 0.0826 e. The molecule has 0 aromatic carbocycles. The zero-order valence-electron chi connectivity index (χ0n) is 11.7. The second-order valence-corrected chi connectivity index (χ2v) is 5.20. The summed E-state index contributed by atoms with van der Waals surface area (Å²) in [7, 11) is 0. The number of nitrogens with one attached hydrogen (secondary N) is 2. The fraction of sp³-hybridized carbons (Fsp3) is 1.00. The molecule has 0 radical (unpaired) electrons. The molecule has 0 spiro atoms. The standard InChI is InChI=1S/C13H29N3O/c1-4-14-5-6-16-7-8-17-13(11-16)10-15-9-12(2)3/h12-15H,4-11H2,1-3H3/t13-/m0/s1. The first-order valence-electron chi connectivity index (χ1n) is 6.97. The average Bonchev–Trinajstić information content (AvgIpc) is 2.29. The lowest BCUT2D eigenvalue weighted by Gasteiger charge is -2.33. The van der Waals surface area contributed by atoms with Crippen molar-refractivity contribution in [3.8, 4) is 0 Å². The lowest BCUT2D eigenvalue weighted by molar-refractivity contribution is -0.0266. The third-order valence-corrected chi connectivity index (χ3v) is 3.00. The number of hydrogen-bond donors (Lipinski definition) is 2. The molecule has 0 saturated carbocycles. The molecular weight excluding hydrogens is 214 g/mol.